The van der Waals surface area contributed by atoms with Gasteiger partial charge in [-0.05, 0) is 24.3 Å². The molecule has 10 heteroatoms. The minimum atomic E-state index is -0.793. The van der Waals surface area contributed by atoms with E-state index in [1.165, 1.54) is 18.8 Å². The van der Waals surface area contributed by atoms with Crippen LogP contribution in [0.15, 0.2) is 47.5 Å². The third-order valence-corrected chi connectivity index (χ3v) is 4.33. The molecule has 3 N–H and O–H groups in total. The molecule has 4 aromatic rings. The van der Waals surface area contributed by atoms with E-state index < -0.39 is 11.6 Å². The number of aromatic nitrogens is 5. The molecule has 4 rings (SSSR count). The summed E-state index contributed by atoms with van der Waals surface area (Å²) < 4.78 is 12.1. The lowest BCUT2D eigenvalue weighted by Crippen LogP contribution is -2.16. The van der Waals surface area contributed by atoms with Crippen LogP contribution in [0.3, 0.4) is 0 Å². The van der Waals surface area contributed by atoms with Crippen molar-refractivity contribution in [3.05, 3.63) is 58.9 Å². The highest BCUT2D eigenvalue weighted by Gasteiger charge is 2.22. The number of fused-ring (bicyclic) bond motifs is 1. The quantitative estimate of drug-likeness (QED) is 0.522. The van der Waals surface area contributed by atoms with Crippen LogP contribution >= 0.6 is 0 Å². The number of benzene rings is 1. The van der Waals surface area contributed by atoms with Crippen molar-refractivity contribution in [3.8, 4) is 28.6 Å². The second kappa shape index (κ2) is 7.08. The molecule has 0 saturated carbocycles. The third kappa shape index (κ3) is 2.96. The molecule has 0 bridgehead atoms. The van der Waals surface area contributed by atoms with Crippen molar-refractivity contribution < 1.29 is 14.3 Å². The van der Waals surface area contributed by atoms with Gasteiger partial charge in [0.25, 0.3) is 5.91 Å². The molecule has 0 saturated heterocycles. The first-order valence-corrected chi connectivity index (χ1v) is 8.49. The summed E-state index contributed by atoms with van der Waals surface area (Å²) in [5.41, 5.74) is 6.19. The van der Waals surface area contributed by atoms with Crippen LogP contribution in [0.1, 0.15) is 10.5 Å². The van der Waals surface area contributed by atoms with E-state index in [0.29, 0.717) is 22.7 Å². The normalized spacial score (nSPS) is 10.8. The number of carbonyl (C=O) groups is 1. The molecule has 0 unspecified atom stereocenters. The maximum atomic E-state index is 12.8. The van der Waals surface area contributed by atoms with Gasteiger partial charge in [-0.15, -0.1) is 0 Å². The van der Waals surface area contributed by atoms with Crippen LogP contribution in [0, 0.1) is 0 Å². The standard InChI is InChI=1S/C19H16N6O4/c1-28-12-5-3-4-11(15(12)29-2)25-18-14(23-19(25)27)13(16(20)26)22-17(24-18)10-6-8-21-9-7-10/h3-9H,1-2H3,(H2,20,26)(H,23,27). The van der Waals surface area contributed by atoms with Crippen LogP contribution in [-0.4, -0.2) is 44.6 Å². The van der Waals surface area contributed by atoms with E-state index in [1.807, 2.05) is 0 Å². The summed E-state index contributed by atoms with van der Waals surface area (Å²) in [5, 5.41) is 0. The predicted molar refractivity (Wildman–Crippen MR) is 104 cm³/mol. The van der Waals surface area contributed by atoms with Crippen LogP contribution in [-0.2, 0) is 0 Å². The fourth-order valence-electron chi connectivity index (χ4n) is 3.06. The Morgan fingerprint density at radius 1 is 1.10 bits per heavy atom. The number of hydrogen-bond donors (Lipinski definition) is 2. The highest BCUT2D eigenvalue weighted by molar-refractivity contribution is 6.02. The van der Waals surface area contributed by atoms with Gasteiger partial charge in [-0.25, -0.2) is 19.3 Å². The SMILES string of the molecule is COc1cccc(-n2c(=O)[nH]c3c(C(N)=O)nc(-c4ccncc4)nc32)c1OC. The zero-order valence-corrected chi connectivity index (χ0v) is 15.5. The Hall–Kier alpha value is -4.21. The van der Waals surface area contributed by atoms with Gasteiger partial charge >= 0.3 is 5.69 Å². The second-order valence-electron chi connectivity index (χ2n) is 5.97. The largest absolute Gasteiger partial charge is 0.493 e. The molecule has 3 aromatic heterocycles. The van der Waals surface area contributed by atoms with Crippen LogP contribution in [0.4, 0.5) is 0 Å². The molecule has 0 radical (unpaired) electrons. The average Bonchev–Trinajstić information content (AvgIpc) is 3.08. The number of pyridine rings is 1. The van der Waals surface area contributed by atoms with Gasteiger partial charge in [0.15, 0.2) is 28.7 Å². The summed E-state index contributed by atoms with van der Waals surface area (Å²) in [6.07, 6.45) is 3.14. The van der Waals surface area contributed by atoms with Gasteiger partial charge in [-0.3, -0.25) is 9.78 Å². The van der Waals surface area contributed by atoms with Gasteiger partial charge in [0.1, 0.15) is 5.52 Å². The van der Waals surface area contributed by atoms with Gasteiger partial charge in [0.2, 0.25) is 0 Å². The minimum Gasteiger partial charge on any atom is -0.493 e. The van der Waals surface area contributed by atoms with Crippen molar-refractivity contribution in [1.82, 2.24) is 24.5 Å². The van der Waals surface area contributed by atoms with E-state index in [4.69, 9.17) is 15.2 Å². The van der Waals surface area contributed by atoms with Crippen LogP contribution in [0.2, 0.25) is 0 Å². The second-order valence-corrected chi connectivity index (χ2v) is 5.97. The first-order valence-electron chi connectivity index (χ1n) is 8.49. The van der Waals surface area contributed by atoms with Crippen LogP contribution in [0.5, 0.6) is 11.5 Å². The van der Waals surface area contributed by atoms with Crippen LogP contribution < -0.4 is 20.9 Å². The lowest BCUT2D eigenvalue weighted by molar-refractivity contribution is 0.0997. The number of ether oxygens (including phenoxy) is 2. The zero-order chi connectivity index (χ0) is 20.5. The molecule has 29 heavy (non-hydrogen) atoms. The van der Waals surface area contributed by atoms with Crippen molar-refractivity contribution in [3.63, 3.8) is 0 Å². The number of carbonyl (C=O) groups excluding carboxylic acids is 1. The molecule has 0 spiro atoms. The van der Waals surface area contributed by atoms with Gasteiger partial charge in [0.05, 0.1) is 19.9 Å². The molecule has 1 aromatic carbocycles. The molecule has 0 fully saturated rings. The van der Waals surface area contributed by atoms with Gasteiger partial charge in [-0.1, -0.05) is 6.07 Å². The number of primary amides is 1. The molecule has 3 heterocycles. The molecule has 146 valence electrons. The number of rotatable bonds is 5. The molecule has 1 amide bonds. The van der Waals surface area contributed by atoms with Crippen molar-refractivity contribution in [2.75, 3.05) is 14.2 Å². The third-order valence-electron chi connectivity index (χ3n) is 4.33. The average molecular weight is 392 g/mol. The van der Waals surface area contributed by atoms with Crippen molar-refractivity contribution in [2.45, 2.75) is 0 Å². The summed E-state index contributed by atoms with van der Waals surface area (Å²) in [6.45, 7) is 0. The number of aromatic amines is 1. The molecule has 0 aliphatic heterocycles. The fraction of sp³-hybridized carbons (Fsp3) is 0.105. The summed E-state index contributed by atoms with van der Waals surface area (Å²) in [5.74, 6) is 0.203. The minimum absolute atomic E-state index is 0.0977. The maximum absolute atomic E-state index is 12.8. The summed E-state index contributed by atoms with van der Waals surface area (Å²) >= 11 is 0. The number of para-hydroxylation sites is 1. The lowest BCUT2D eigenvalue weighted by atomic mass is 10.2. The highest BCUT2D eigenvalue weighted by Crippen LogP contribution is 2.34. The Labute approximate surface area is 164 Å². The Kier molecular flexibility index (Phi) is 4.43. The lowest BCUT2D eigenvalue weighted by Gasteiger charge is -2.13. The van der Waals surface area contributed by atoms with Gasteiger partial charge < -0.3 is 20.2 Å². The zero-order valence-electron chi connectivity index (χ0n) is 15.5. The number of nitrogens with one attached hydrogen (secondary N) is 1. The molecule has 10 nitrogen and oxygen atoms in total. The Morgan fingerprint density at radius 3 is 2.52 bits per heavy atom. The van der Waals surface area contributed by atoms with E-state index in [0.717, 1.165) is 0 Å². The molecular weight excluding hydrogens is 376 g/mol. The van der Waals surface area contributed by atoms with E-state index in [1.54, 1.807) is 42.7 Å². The van der Waals surface area contributed by atoms with E-state index in [9.17, 15) is 9.59 Å². The number of amides is 1. The Balaban J connectivity index is 2.10. The summed E-state index contributed by atoms with van der Waals surface area (Å²) in [4.78, 5) is 40.2. The molecule has 0 aliphatic rings. The number of methoxy groups -OCH3 is 2. The van der Waals surface area contributed by atoms with E-state index in [-0.39, 0.29) is 22.7 Å². The number of nitrogens with two attached hydrogens (primary N) is 1. The summed E-state index contributed by atoms with van der Waals surface area (Å²) in [7, 11) is 2.96. The van der Waals surface area contributed by atoms with Crippen molar-refractivity contribution in [2.24, 2.45) is 5.73 Å². The Morgan fingerprint density at radius 2 is 1.86 bits per heavy atom. The van der Waals surface area contributed by atoms with Crippen molar-refractivity contribution >= 4 is 17.1 Å². The first-order chi connectivity index (χ1) is 14.0. The maximum Gasteiger partial charge on any atom is 0.332 e. The van der Waals surface area contributed by atoms with Crippen LogP contribution in [0.25, 0.3) is 28.2 Å². The monoisotopic (exact) mass is 392 g/mol. The molecule has 0 atom stereocenters. The van der Waals surface area contributed by atoms with E-state index in [2.05, 4.69) is 19.9 Å². The van der Waals surface area contributed by atoms with Crippen molar-refractivity contribution in [1.29, 1.82) is 0 Å². The first kappa shape index (κ1) is 18.2. The number of nitrogens with zero attached hydrogens (tertiary/aromatic N) is 4. The smallest absolute Gasteiger partial charge is 0.332 e. The number of hydrogen-bond acceptors (Lipinski definition) is 7. The Bertz CT molecular complexity index is 1280. The topological polar surface area (TPSA) is 138 Å². The summed E-state index contributed by atoms with van der Waals surface area (Å²) in [6, 6.07) is 8.46. The predicted octanol–water partition coefficient (Wildman–Crippen LogP) is 1.29. The number of imidazole rings is 1. The van der Waals surface area contributed by atoms with E-state index >= 15 is 0 Å². The number of H-pyrrole nitrogens is 1. The molecular formula is C19H16N6O4. The van der Waals surface area contributed by atoms with Gasteiger partial charge in [-0.2, -0.15) is 0 Å². The molecule has 0 aliphatic carbocycles. The highest BCUT2D eigenvalue weighted by atomic mass is 16.5. The fourth-order valence-corrected chi connectivity index (χ4v) is 3.06. The van der Waals surface area contributed by atoms with Gasteiger partial charge in [0, 0.05) is 18.0 Å².